The largest absolute Gasteiger partial charge is 0.475 e. The maximum Gasteiger partial charge on any atom is 0.257 e. The highest BCUT2D eigenvalue weighted by molar-refractivity contribution is 5.93. The predicted octanol–water partition coefficient (Wildman–Crippen LogP) is 1.49. The van der Waals surface area contributed by atoms with Crippen LogP contribution in [0.2, 0.25) is 0 Å². The zero-order valence-corrected chi connectivity index (χ0v) is 11.9. The third-order valence-electron chi connectivity index (χ3n) is 2.71. The summed E-state index contributed by atoms with van der Waals surface area (Å²) >= 11 is 0. The van der Waals surface area contributed by atoms with Crippen molar-refractivity contribution in [2.45, 2.75) is 26.5 Å². The van der Waals surface area contributed by atoms with E-state index in [-0.39, 0.29) is 23.6 Å². The van der Waals surface area contributed by atoms with E-state index < -0.39 is 5.91 Å². The lowest BCUT2D eigenvalue weighted by Crippen LogP contribution is -2.28. The molecule has 6 heteroatoms. The molecule has 2 heterocycles. The van der Waals surface area contributed by atoms with Crippen molar-refractivity contribution in [2.75, 3.05) is 0 Å². The number of rotatable bonds is 5. The smallest absolute Gasteiger partial charge is 0.257 e. The molecule has 6 nitrogen and oxygen atoms in total. The number of hydrogen-bond donors (Lipinski definition) is 2. The molecule has 0 aliphatic heterocycles. The Kier molecular flexibility index (Phi) is 4.71. The molecule has 2 aromatic rings. The first-order valence-electron chi connectivity index (χ1n) is 6.64. The van der Waals surface area contributed by atoms with Crippen LogP contribution in [0.25, 0.3) is 0 Å². The molecule has 0 bridgehead atoms. The van der Waals surface area contributed by atoms with E-state index in [9.17, 15) is 9.59 Å². The van der Waals surface area contributed by atoms with Crippen LogP contribution in [-0.4, -0.2) is 22.0 Å². The molecule has 0 aliphatic carbocycles. The number of hydrogen-bond acceptors (Lipinski definition) is 4. The molecule has 0 aliphatic rings. The molecule has 0 saturated carbocycles. The maximum atomic E-state index is 12.0. The number of amides is 1. The van der Waals surface area contributed by atoms with E-state index in [4.69, 9.17) is 4.74 Å². The Morgan fingerprint density at radius 3 is 2.95 bits per heavy atom. The molecule has 2 aromatic heterocycles. The van der Waals surface area contributed by atoms with Crippen molar-refractivity contribution >= 4 is 5.91 Å². The molecule has 1 amide bonds. The quantitative estimate of drug-likeness (QED) is 0.872. The SMILES string of the molecule is CC(C)Oc1ncccc1CNC(=O)c1c[nH]ccc1=O. The summed E-state index contributed by atoms with van der Waals surface area (Å²) < 4.78 is 5.58. The van der Waals surface area contributed by atoms with Gasteiger partial charge < -0.3 is 15.0 Å². The Morgan fingerprint density at radius 2 is 2.24 bits per heavy atom. The zero-order valence-electron chi connectivity index (χ0n) is 11.9. The van der Waals surface area contributed by atoms with Gasteiger partial charge in [-0.15, -0.1) is 0 Å². The van der Waals surface area contributed by atoms with Crippen LogP contribution in [0.3, 0.4) is 0 Å². The van der Waals surface area contributed by atoms with Crippen LogP contribution >= 0.6 is 0 Å². The van der Waals surface area contributed by atoms with Gasteiger partial charge in [-0.2, -0.15) is 0 Å². The summed E-state index contributed by atoms with van der Waals surface area (Å²) in [5, 5.41) is 2.69. The maximum absolute atomic E-state index is 12.0. The lowest BCUT2D eigenvalue weighted by atomic mass is 10.2. The molecular formula is C15H17N3O3. The fraction of sp³-hybridized carbons (Fsp3) is 0.267. The molecule has 0 spiro atoms. The molecule has 2 rings (SSSR count). The molecule has 0 radical (unpaired) electrons. The summed E-state index contributed by atoms with van der Waals surface area (Å²) in [5.74, 6) is 0.0472. The third-order valence-corrected chi connectivity index (χ3v) is 2.71. The van der Waals surface area contributed by atoms with Crippen molar-refractivity contribution in [3.05, 3.63) is 58.1 Å². The van der Waals surface area contributed by atoms with E-state index in [1.165, 1.54) is 18.5 Å². The minimum absolute atomic E-state index is 0.00804. The summed E-state index contributed by atoms with van der Waals surface area (Å²) in [5.41, 5.74) is 0.510. The van der Waals surface area contributed by atoms with Crippen molar-refractivity contribution in [1.82, 2.24) is 15.3 Å². The van der Waals surface area contributed by atoms with Gasteiger partial charge in [0, 0.05) is 36.8 Å². The minimum Gasteiger partial charge on any atom is -0.475 e. The van der Waals surface area contributed by atoms with Gasteiger partial charge in [0.1, 0.15) is 5.56 Å². The fourth-order valence-electron chi connectivity index (χ4n) is 1.75. The summed E-state index contributed by atoms with van der Waals surface area (Å²) in [4.78, 5) is 30.4. The Hall–Kier alpha value is -2.63. The van der Waals surface area contributed by atoms with Crippen LogP contribution in [0.5, 0.6) is 5.88 Å². The number of carbonyl (C=O) groups is 1. The summed E-state index contributed by atoms with van der Waals surface area (Å²) in [7, 11) is 0. The van der Waals surface area contributed by atoms with E-state index in [1.54, 1.807) is 12.3 Å². The highest BCUT2D eigenvalue weighted by Crippen LogP contribution is 2.15. The number of carbonyl (C=O) groups excluding carboxylic acids is 1. The van der Waals surface area contributed by atoms with Crippen LogP contribution in [0.1, 0.15) is 29.8 Å². The van der Waals surface area contributed by atoms with E-state index in [2.05, 4.69) is 15.3 Å². The fourth-order valence-corrected chi connectivity index (χ4v) is 1.75. The Balaban J connectivity index is 2.08. The summed E-state index contributed by atoms with van der Waals surface area (Å²) in [6.45, 7) is 4.05. The molecule has 2 N–H and O–H groups in total. The van der Waals surface area contributed by atoms with E-state index >= 15 is 0 Å². The molecule has 0 atom stereocenters. The van der Waals surface area contributed by atoms with Crippen molar-refractivity contribution in [2.24, 2.45) is 0 Å². The third kappa shape index (κ3) is 3.92. The van der Waals surface area contributed by atoms with Crippen molar-refractivity contribution in [3.8, 4) is 5.88 Å². The second-order valence-corrected chi connectivity index (χ2v) is 4.74. The minimum atomic E-state index is -0.434. The number of nitrogens with one attached hydrogen (secondary N) is 2. The molecule has 0 aromatic carbocycles. The lowest BCUT2D eigenvalue weighted by molar-refractivity contribution is 0.0949. The number of pyridine rings is 2. The monoisotopic (exact) mass is 287 g/mol. The van der Waals surface area contributed by atoms with Crippen LogP contribution in [0, 0.1) is 0 Å². The van der Waals surface area contributed by atoms with E-state index in [0.29, 0.717) is 5.88 Å². The number of ether oxygens (including phenoxy) is 1. The second-order valence-electron chi connectivity index (χ2n) is 4.74. The predicted molar refractivity (Wildman–Crippen MR) is 78.2 cm³/mol. The Bertz CT molecular complexity index is 680. The molecular weight excluding hydrogens is 270 g/mol. The highest BCUT2D eigenvalue weighted by Gasteiger charge is 2.11. The average Bonchev–Trinajstić information content (AvgIpc) is 2.46. The van der Waals surface area contributed by atoms with Crippen LogP contribution in [-0.2, 0) is 6.54 Å². The first-order valence-corrected chi connectivity index (χ1v) is 6.64. The molecule has 0 unspecified atom stereocenters. The number of aromatic nitrogens is 2. The van der Waals surface area contributed by atoms with E-state index in [0.717, 1.165) is 5.56 Å². The summed E-state index contributed by atoms with van der Waals surface area (Å²) in [6.07, 6.45) is 4.48. The molecule has 0 fully saturated rings. The standard InChI is InChI=1S/C15H17N3O3/c1-10(2)21-15-11(4-3-6-17-15)8-18-14(20)12-9-16-7-5-13(12)19/h3-7,9-10H,8H2,1-2H3,(H,16,19)(H,18,20). The van der Waals surface area contributed by atoms with Gasteiger partial charge >= 0.3 is 0 Å². The highest BCUT2D eigenvalue weighted by atomic mass is 16.5. The lowest BCUT2D eigenvalue weighted by Gasteiger charge is -2.13. The van der Waals surface area contributed by atoms with Gasteiger partial charge in [-0.1, -0.05) is 6.07 Å². The van der Waals surface area contributed by atoms with Gasteiger partial charge in [-0.25, -0.2) is 4.98 Å². The van der Waals surface area contributed by atoms with Gasteiger partial charge in [-0.3, -0.25) is 9.59 Å². The van der Waals surface area contributed by atoms with Crippen LogP contribution < -0.4 is 15.5 Å². The molecule has 110 valence electrons. The number of H-pyrrole nitrogens is 1. The van der Waals surface area contributed by atoms with Gasteiger partial charge in [0.05, 0.1) is 6.10 Å². The zero-order chi connectivity index (χ0) is 15.2. The topological polar surface area (TPSA) is 84.1 Å². The van der Waals surface area contributed by atoms with E-state index in [1.807, 2.05) is 19.9 Å². The first kappa shape index (κ1) is 14.8. The van der Waals surface area contributed by atoms with Crippen molar-refractivity contribution in [1.29, 1.82) is 0 Å². The van der Waals surface area contributed by atoms with Crippen molar-refractivity contribution < 1.29 is 9.53 Å². The second kappa shape index (κ2) is 6.69. The number of aromatic amines is 1. The molecule has 0 saturated heterocycles. The van der Waals surface area contributed by atoms with Crippen LogP contribution in [0.15, 0.2) is 41.6 Å². The van der Waals surface area contributed by atoms with Crippen molar-refractivity contribution in [3.63, 3.8) is 0 Å². The first-order chi connectivity index (χ1) is 10.1. The van der Waals surface area contributed by atoms with Gasteiger partial charge in [-0.05, 0) is 19.9 Å². The summed E-state index contributed by atoms with van der Waals surface area (Å²) in [6, 6.07) is 4.90. The molecule has 21 heavy (non-hydrogen) atoms. The average molecular weight is 287 g/mol. The van der Waals surface area contributed by atoms with Gasteiger partial charge in [0.15, 0.2) is 5.43 Å². The van der Waals surface area contributed by atoms with Gasteiger partial charge in [0.2, 0.25) is 5.88 Å². The Morgan fingerprint density at radius 1 is 1.43 bits per heavy atom. The normalized spacial score (nSPS) is 10.4. The Labute approximate surface area is 122 Å². The van der Waals surface area contributed by atoms with Gasteiger partial charge in [0.25, 0.3) is 5.91 Å². The van der Waals surface area contributed by atoms with Crippen LogP contribution in [0.4, 0.5) is 0 Å². The number of nitrogens with zero attached hydrogens (tertiary/aromatic N) is 1.